The van der Waals surface area contributed by atoms with Crippen LogP contribution in [0.25, 0.3) is 21.5 Å². The highest BCUT2D eigenvalue weighted by molar-refractivity contribution is 7.13. The molecule has 0 unspecified atom stereocenters. The molecule has 0 saturated carbocycles. The first-order chi connectivity index (χ1) is 12.5. The van der Waals surface area contributed by atoms with Crippen LogP contribution in [0.1, 0.15) is 24.2 Å². The lowest BCUT2D eigenvalue weighted by Crippen LogP contribution is -2.41. The number of esters is 1. The van der Waals surface area contributed by atoms with Crippen molar-refractivity contribution in [2.75, 3.05) is 13.7 Å². The number of hydrogen-bond acceptors (Lipinski definition) is 5. The first kappa shape index (κ1) is 18.1. The van der Waals surface area contributed by atoms with Gasteiger partial charge in [-0.15, -0.1) is 11.3 Å². The van der Waals surface area contributed by atoms with Crippen LogP contribution in [-0.2, 0) is 9.53 Å². The van der Waals surface area contributed by atoms with E-state index >= 15 is 0 Å². The number of benzene rings is 1. The van der Waals surface area contributed by atoms with E-state index in [4.69, 9.17) is 9.72 Å². The molecule has 0 aliphatic rings. The van der Waals surface area contributed by atoms with Gasteiger partial charge in [-0.05, 0) is 37.4 Å². The minimum absolute atomic E-state index is 0.0853. The molecule has 0 N–H and O–H groups in total. The Morgan fingerprint density at radius 2 is 1.96 bits per heavy atom. The lowest BCUT2D eigenvalue weighted by Gasteiger charge is -2.26. The number of para-hydroxylation sites is 1. The Bertz CT molecular complexity index is 935. The molecule has 0 fully saturated rings. The van der Waals surface area contributed by atoms with Crippen LogP contribution in [0.2, 0.25) is 0 Å². The summed E-state index contributed by atoms with van der Waals surface area (Å²) in [6.45, 7) is 3.67. The van der Waals surface area contributed by atoms with Gasteiger partial charge in [-0.3, -0.25) is 9.59 Å². The van der Waals surface area contributed by atoms with Gasteiger partial charge < -0.3 is 9.64 Å². The zero-order valence-corrected chi connectivity index (χ0v) is 15.7. The molecule has 0 aliphatic carbocycles. The molecule has 2 heterocycles. The predicted molar refractivity (Wildman–Crippen MR) is 103 cm³/mol. The number of pyridine rings is 1. The molecule has 1 amide bonds. The summed E-state index contributed by atoms with van der Waals surface area (Å²) >= 11 is 1.57. The van der Waals surface area contributed by atoms with Crippen molar-refractivity contribution in [1.29, 1.82) is 0 Å². The topological polar surface area (TPSA) is 59.5 Å². The zero-order chi connectivity index (χ0) is 18.7. The van der Waals surface area contributed by atoms with Crippen LogP contribution in [0.3, 0.4) is 0 Å². The molecule has 2 aromatic heterocycles. The van der Waals surface area contributed by atoms with Gasteiger partial charge in [0.1, 0.15) is 6.54 Å². The third kappa shape index (κ3) is 3.60. The van der Waals surface area contributed by atoms with Crippen molar-refractivity contribution in [2.24, 2.45) is 0 Å². The molecular formula is C20H20N2O3S. The molecular weight excluding hydrogens is 348 g/mol. The molecule has 3 rings (SSSR count). The maximum absolute atomic E-state index is 13.3. The lowest BCUT2D eigenvalue weighted by atomic mass is 10.0. The summed E-state index contributed by atoms with van der Waals surface area (Å²) in [6, 6.07) is 13.2. The number of thiophene rings is 1. The van der Waals surface area contributed by atoms with Crippen molar-refractivity contribution >= 4 is 34.1 Å². The van der Waals surface area contributed by atoms with Gasteiger partial charge in [-0.2, -0.15) is 0 Å². The van der Waals surface area contributed by atoms with E-state index in [0.717, 1.165) is 21.5 Å². The minimum atomic E-state index is -0.441. The lowest BCUT2D eigenvalue weighted by molar-refractivity contribution is -0.141. The second kappa shape index (κ2) is 7.66. The summed E-state index contributed by atoms with van der Waals surface area (Å²) in [4.78, 5) is 32.2. The Labute approximate surface area is 156 Å². The van der Waals surface area contributed by atoms with E-state index in [-0.39, 0.29) is 18.5 Å². The molecule has 0 atom stereocenters. The number of hydrogen-bond donors (Lipinski definition) is 0. The van der Waals surface area contributed by atoms with E-state index in [1.165, 1.54) is 12.0 Å². The van der Waals surface area contributed by atoms with Crippen LogP contribution < -0.4 is 0 Å². The molecule has 0 bridgehead atoms. The largest absolute Gasteiger partial charge is 0.468 e. The fourth-order valence-electron chi connectivity index (χ4n) is 2.75. The highest BCUT2D eigenvalue weighted by Crippen LogP contribution is 2.28. The number of nitrogens with zero attached hydrogens (tertiary/aromatic N) is 2. The normalized spacial score (nSPS) is 10.9. The van der Waals surface area contributed by atoms with Crippen LogP contribution in [-0.4, -0.2) is 41.5 Å². The number of rotatable bonds is 5. The summed E-state index contributed by atoms with van der Waals surface area (Å²) in [5.41, 5.74) is 2.05. The second-order valence-electron chi connectivity index (χ2n) is 6.15. The predicted octanol–water partition coefficient (Wildman–Crippen LogP) is 3.99. The number of fused-ring (bicyclic) bond motifs is 1. The van der Waals surface area contributed by atoms with Crippen LogP contribution in [0.4, 0.5) is 0 Å². The molecule has 26 heavy (non-hydrogen) atoms. The van der Waals surface area contributed by atoms with Gasteiger partial charge in [-0.25, -0.2) is 4.98 Å². The van der Waals surface area contributed by atoms with Crippen molar-refractivity contribution in [3.8, 4) is 10.6 Å². The number of amides is 1. The number of methoxy groups -OCH3 is 1. The molecule has 5 nitrogen and oxygen atoms in total. The summed E-state index contributed by atoms with van der Waals surface area (Å²) in [7, 11) is 1.32. The average molecular weight is 368 g/mol. The molecule has 3 aromatic rings. The third-order valence-electron chi connectivity index (χ3n) is 4.13. The second-order valence-corrected chi connectivity index (χ2v) is 7.10. The van der Waals surface area contributed by atoms with E-state index in [0.29, 0.717) is 5.56 Å². The smallest absolute Gasteiger partial charge is 0.325 e. The van der Waals surface area contributed by atoms with Gasteiger partial charge >= 0.3 is 5.97 Å². The van der Waals surface area contributed by atoms with Crippen molar-refractivity contribution in [3.05, 3.63) is 53.4 Å². The van der Waals surface area contributed by atoms with E-state index in [1.807, 2.05) is 61.7 Å². The van der Waals surface area contributed by atoms with Crippen LogP contribution >= 0.6 is 11.3 Å². The van der Waals surface area contributed by atoms with Gasteiger partial charge in [0, 0.05) is 11.4 Å². The number of aromatic nitrogens is 1. The number of carbonyl (C=O) groups is 2. The maximum atomic E-state index is 13.3. The quantitative estimate of drug-likeness (QED) is 0.639. The molecule has 0 radical (unpaired) electrons. The highest BCUT2D eigenvalue weighted by Gasteiger charge is 2.24. The Morgan fingerprint density at radius 3 is 2.62 bits per heavy atom. The third-order valence-corrected chi connectivity index (χ3v) is 5.02. The monoisotopic (exact) mass is 368 g/mol. The highest BCUT2D eigenvalue weighted by atomic mass is 32.1. The van der Waals surface area contributed by atoms with Crippen LogP contribution in [0, 0.1) is 0 Å². The van der Waals surface area contributed by atoms with Gasteiger partial charge in [0.05, 0.1) is 28.8 Å². The fraction of sp³-hybridized carbons (Fsp3) is 0.250. The Morgan fingerprint density at radius 1 is 1.19 bits per heavy atom. The standard InChI is InChI=1S/C20H20N2O3S/c1-13(2)22(12-19(23)25-3)20(24)15-11-17(18-9-6-10-26-18)21-16-8-5-4-7-14(15)16/h4-11,13H,12H2,1-3H3. The maximum Gasteiger partial charge on any atom is 0.325 e. The Hall–Kier alpha value is -2.73. The summed E-state index contributed by atoms with van der Waals surface area (Å²) in [6.07, 6.45) is 0. The summed E-state index contributed by atoms with van der Waals surface area (Å²) < 4.78 is 4.74. The SMILES string of the molecule is COC(=O)CN(C(=O)c1cc(-c2cccs2)nc2ccccc12)C(C)C. The Balaban J connectivity index is 2.12. The van der Waals surface area contributed by atoms with Crippen molar-refractivity contribution in [2.45, 2.75) is 19.9 Å². The summed E-state index contributed by atoms with van der Waals surface area (Å²) in [5, 5.41) is 2.75. The fourth-order valence-corrected chi connectivity index (χ4v) is 3.44. The average Bonchev–Trinajstić information content (AvgIpc) is 3.19. The molecule has 0 spiro atoms. The zero-order valence-electron chi connectivity index (χ0n) is 14.9. The van der Waals surface area contributed by atoms with Crippen molar-refractivity contribution < 1.29 is 14.3 Å². The first-order valence-corrected chi connectivity index (χ1v) is 9.20. The van der Waals surface area contributed by atoms with Crippen molar-refractivity contribution in [1.82, 2.24) is 9.88 Å². The molecule has 134 valence electrons. The minimum Gasteiger partial charge on any atom is -0.468 e. The molecule has 0 saturated heterocycles. The number of ether oxygens (including phenoxy) is 1. The van der Waals surface area contributed by atoms with E-state index < -0.39 is 5.97 Å². The van der Waals surface area contributed by atoms with E-state index in [9.17, 15) is 9.59 Å². The molecule has 1 aromatic carbocycles. The van der Waals surface area contributed by atoms with E-state index in [2.05, 4.69) is 0 Å². The van der Waals surface area contributed by atoms with E-state index in [1.54, 1.807) is 11.3 Å². The van der Waals surface area contributed by atoms with Crippen molar-refractivity contribution in [3.63, 3.8) is 0 Å². The number of carbonyl (C=O) groups excluding carboxylic acids is 2. The van der Waals surface area contributed by atoms with Gasteiger partial charge in [0.2, 0.25) is 0 Å². The van der Waals surface area contributed by atoms with Gasteiger partial charge in [0.25, 0.3) is 5.91 Å². The first-order valence-electron chi connectivity index (χ1n) is 8.32. The molecule has 0 aliphatic heterocycles. The van der Waals surface area contributed by atoms with Crippen LogP contribution in [0.15, 0.2) is 47.8 Å². The van der Waals surface area contributed by atoms with Gasteiger partial charge in [-0.1, -0.05) is 24.3 Å². The summed E-state index contributed by atoms with van der Waals surface area (Å²) in [5.74, 6) is -0.648. The molecule has 6 heteroatoms. The van der Waals surface area contributed by atoms with Gasteiger partial charge in [0.15, 0.2) is 0 Å². The Kier molecular flexibility index (Phi) is 5.32. The van der Waals surface area contributed by atoms with Crippen LogP contribution in [0.5, 0.6) is 0 Å².